The van der Waals surface area contributed by atoms with Crippen LogP contribution in [0.15, 0.2) is 42.6 Å². The lowest BCUT2D eigenvalue weighted by Gasteiger charge is -2.29. The van der Waals surface area contributed by atoms with Crippen LogP contribution < -0.4 is 14.8 Å². The van der Waals surface area contributed by atoms with Gasteiger partial charge in [-0.25, -0.2) is 9.78 Å². The number of rotatable bonds is 10. The number of ether oxygens (including phenoxy) is 3. The van der Waals surface area contributed by atoms with Crippen LogP contribution in [0, 0.1) is 5.92 Å². The zero-order valence-electron chi connectivity index (χ0n) is 18.5. The Morgan fingerprint density at radius 3 is 2.39 bits per heavy atom. The SMILES string of the molecule is CCOc1ccnc(C(=O)N[C@@H](C)C(=O)O[C@@H](C)[C@H](Oc2ccccc2)C(C)C)c1O. The minimum Gasteiger partial charge on any atom is -0.503 e. The molecule has 0 spiro atoms. The number of benzene rings is 1. The summed E-state index contributed by atoms with van der Waals surface area (Å²) in [5.74, 6) is -0.812. The lowest BCUT2D eigenvalue weighted by molar-refractivity contribution is -0.155. The number of nitrogens with one attached hydrogen (secondary N) is 1. The van der Waals surface area contributed by atoms with E-state index in [1.807, 2.05) is 44.2 Å². The number of carbonyl (C=O) groups is 2. The first-order valence-corrected chi connectivity index (χ1v) is 10.3. The molecule has 8 nitrogen and oxygen atoms in total. The summed E-state index contributed by atoms with van der Waals surface area (Å²) in [5, 5.41) is 12.7. The van der Waals surface area contributed by atoms with Gasteiger partial charge in [-0.05, 0) is 38.8 Å². The van der Waals surface area contributed by atoms with Gasteiger partial charge in [-0.2, -0.15) is 0 Å². The molecule has 0 saturated heterocycles. The number of pyridine rings is 1. The highest BCUT2D eigenvalue weighted by molar-refractivity contribution is 5.97. The Morgan fingerprint density at radius 1 is 1.10 bits per heavy atom. The third kappa shape index (κ3) is 6.60. The first kappa shape index (κ1) is 24.0. The Morgan fingerprint density at radius 2 is 1.77 bits per heavy atom. The average Bonchev–Trinajstić information content (AvgIpc) is 2.73. The number of carbonyl (C=O) groups excluding carboxylic acids is 2. The molecule has 0 fully saturated rings. The summed E-state index contributed by atoms with van der Waals surface area (Å²) in [7, 11) is 0. The van der Waals surface area contributed by atoms with Crippen LogP contribution in [0.25, 0.3) is 0 Å². The Hall–Kier alpha value is -3.29. The molecule has 1 heterocycles. The minimum atomic E-state index is -0.962. The van der Waals surface area contributed by atoms with Crippen molar-refractivity contribution in [2.24, 2.45) is 5.92 Å². The number of nitrogens with zero attached hydrogens (tertiary/aromatic N) is 1. The second kappa shape index (κ2) is 11.2. The van der Waals surface area contributed by atoms with Crippen molar-refractivity contribution in [3.05, 3.63) is 48.3 Å². The minimum absolute atomic E-state index is 0.0790. The van der Waals surface area contributed by atoms with Gasteiger partial charge in [0.15, 0.2) is 17.2 Å². The van der Waals surface area contributed by atoms with Gasteiger partial charge in [-0.3, -0.25) is 4.79 Å². The van der Waals surface area contributed by atoms with E-state index in [-0.39, 0.29) is 29.2 Å². The molecule has 0 unspecified atom stereocenters. The number of esters is 1. The van der Waals surface area contributed by atoms with E-state index in [1.165, 1.54) is 19.2 Å². The monoisotopic (exact) mass is 430 g/mol. The van der Waals surface area contributed by atoms with Crippen molar-refractivity contribution in [3.8, 4) is 17.2 Å². The second-order valence-electron chi connectivity index (χ2n) is 7.42. The fourth-order valence-electron chi connectivity index (χ4n) is 2.98. The summed E-state index contributed by atoms with van der Waals surface area (Å²) >= 11 is 0. The smallest absolute Gasteiger partial charge is 0.328 e. The van der Waals surface area contributed by atoms with Crippen molar-refractivity contribution in [3.63, 3.8) is 0 Å². The molecule has 0 aliphatic heterocycles. The molecule has 0 aliphatic rings. The van der Waals surface area contributed by atoms with Gasteiger partial charge in [-0.1, -0.05) is 32.0 Å². The molecule has 0 radical (unpaired) electrons. The van der Waals surface area contributed by atoms with Gasteiger partial charge in [0.1, 0.15) is 24.0 Å². The average molecular weight is 431 g/mol. The third-order valence-electron chi connectivity index (χ3n) is 4.54. The predicted molar refractivity (Wildman–Crippen MR) is 115 cm³/mol. The first-order valence-electron chi connectivity index (χ1n) is 10.3. The molecule has 168 valence electrons. The lowest BCUT2D eigenvalue weighted by Crippen LogP contribution is -2.44. The highest BCUT2D eigenvalue weighted by Gasteiger charge is 2.29. The number of aromatic nitrogens is 1. The molecule has 1 aromatic carbocycles. The van der Waals surface area contributed by atoms with E-state index in [4.69, 9.17) is 14.2 Å². The van der Waals surface area contributed by atoms with Crippen molar-refractivity contribution in [1.82, 2.24) is 10.3 Å². The summed E-state index contributed by atoms with van der Waals surface area (Å²) in [5.41, 5.74) is -0.230. The van der Waals surface area contributed by atoms with Gasteiger partial charge in [0.2, 0.25) is 0 Å². The maximum Gasteiger partial charge on any atom is 0.328 e. The maximum atomic E-state index is 12.6. The molecular formula is C23H30N2O6. The quantitative estimate of drug-likeness (QED) is 0.557. The Kier molecular flexibility index (Phi) is 8.66. The zero-order chi connectivity index (χ0) is 23.0. The van der Waals surface area contributed by atoms with E-state index in [1.54, 1.807) is 13.8 Å². The standard InChI is InChI=1S/C23H30N2O6/c1-6-29-18-12-13-24-19(20(18)26)22(27)25-15(4)23(28)30-16(5)21(14(2)3)31-17-10-8-7-9-11-17/h7-16,21,26H,6H2,1-5H3,(H,25,27)/t15-,16-,21+/m0/s1. The Balaban J connectivity index is 2.00. The Labute approximate surface area is 182 Å². The van der Waals surface area contributed by atoms with Crippen molar-refractivity contribution >= 4 is 11.9 Å². The van der Waals surface area contributed by atoms with Gasteiger partial charge in [-0.15, -0.1) is 0 Å². The molecule has 0 bridgehead atoms. The van der Waals surface area contributed by atoms with Crippen molar-refractivity contribution < 1.29 is 28.9 Å². The Bertz CT molecular complexity index is 872. The fraction of sp³-hybridized carbons (Fsp3) is 0.435. The van der Waals surface area contributed by atoms with E-state index in [0.717, 1.165) is 0 Å². The highest BCUT2D eigenvalue weighted by Crippen LogP contribution is 2.28. The number of hydrogen-bond donors (Lipinski definition) is 2. The van der Waals surface area contributed by atoms with Crippen LogP contribution in [0.1, 0.15) is 45.1 Å². The zero-order valence-corrected chi connectivity index (χ0v) is 18.5. The molecule has 1 amide bonds. The lowest BCUT2D eigenvalue weighted by atomic mass is 10.0. The summed E-state index contributed by atoms with van der Waals surface area (Å²) in [4.78, 5) is 28.9. The number of para-hydroxylation sites is 1. The third-order valence-corrected chi connectivity index (χ3v) is 4.54. The highest BCUT2D eigenvalue weighted by atomic mass is 16.6. The fourth-order valence-corrected chi connectivity index (χ4v) is 2.98. The number of amides is 1. The van der Waals surface area contributed by atoms with Crippen LogP contribution in [0.5, 0.6) is 17.2 Å². The van der Waals surface area contributed by atoms with E-state index >= 15 is 0 Å². The normalized spacial score (nSPS) is 13.7. The molecule has 0 aliphatic carbocycles. The molecule has 1 aromatic heterocycles. The molecule has 8 heteroatoms. The summed E-state index contributed by atoms with van der Waals surface area (Å²) in [6.45, 7) is 9.27. The van der Waals surface area contributed by atoms with Gasteiger partial charge < -0.3 is 24.6 Å². The van der Waals surface area contributed by atoms with E-state index in [0.29, 0.717) is 12.4 Å². The summed E-state index contributed by atoms with van der Waals surface area (Å²) in [6.07, 6.45) is 0.418. The molecular weight excluding hydrogens is 400 g/mol. The first-order chi connectivity index (χ1) is 14.7. The van der Waals surface area contributed by atoms with Crippen LogP contribution in [0.2, 0.25) is 0 Å². The largest absolute Gasteiger partial charge is 0.503 e. The molecule has 2 N–H and O–H groups in total. The van der Waals surface area contributed by atoms with Gasteiger partial charge in [0.05, 0.1) is 6.61 Å². The number of hydrogen-bond acceptors (Lipinski definition) is 7. The molecule has 2 aromatic rings. The topological polar surface area (TPSA) is 107 Å². The maximum absolute atomic E-state index is 12.6. The van der Waals surface area contributed by atoms with E-state index in [9.17, 15) is 14.7 Å². The molecule has 31 heavy (non-hydrogen) atoms. The van der Waals surface area contributed by atoms with Crippen LogP contribution in [0.4, 0.5) is 0 Å². The molecule has 0 saturated carbocycles. The second-order valence-corrected chi connectivity index (χ2v) is 7.42. The van der Waals surface area contributed by atoms with Crippen LogP contribution in [-0.4, -0.2) is 46.8 Å². The van der Waals surface area contributed by atoms with E-state index < -0.39 is 24.0 Å². The van der Waals surface area contributed by atoms with E-state index in [2.05, 4.69) is 10.3 Å². The molecule has 2 rings (SSSR count). The van der Waals surface area contributed by atoms with Crippen LogP contribution >= 0.6 is 0 Å². The van der Waals surface area contributed by atoms with Crippen LogP contribution in [0.3, 0.4) is 0 Å². The van der Waals surface area contributed by atoms with Gasteiger partial charge >= 0.3 is 5.97 Å². The number of aromatic hydroxyl groups is 1. The van der Waals surface area contributed by atoms with Crippen molar-refractivity contribution in [2.45, 2.75) is 52.9 Å². The van der Waals surface area contributed by atoms with Gasteiger partial charge in [0, 0.05) is 12.3 Å². The van der Waals surface area contributed by atoms with Gasteiger partial charge in [0.25, 0.3) is 5.91 Å². The van der Waals surface area contributed by atoms with Crippen LogP contribution in [-0.2, 0) is 9.53 Å². The van der Waals surface area contributed by atoms with Crippen molar-refractivity contribution in [1.29, 1.82) is 0 Å². The van der Waals surface area contributed by atoms with Crippen molar-refractivity contribution in [2.75, 3.05) is 6.61 Å². The summed E-state index contributed by atoms with van der Waals surface area (Å²) in [6, 6.07) is 9.79. The molecule has 3 atom stereocenters. The summed E-state index contributed by atoms with van der Waals surface area (Å²) < 4.78 is 16.8. The predicted octanol–water partition coefficient (Wildman–Crippen LogP) is 3.34.